The summed E-state index contributed by atoms with van der Waals surface area (Å²) in [6.45, 7) is 9.11. The fourth-order valence-corrected chi connectivity index (χ4v) is 8.42. The number of rotatable bonds is 7. The fourth-order valence-electron chi connectivity index (χ4n) is 7.07. The van der Waals surface area contributed by atoms with Gasteiger partial charge in [0, 0.05) is 52.9 Å². The molecule has 0 saturated carbocycles. The molecule has 6 rings (SSSR count). The van der Waals surface area contributed by atoms with E-state index in [0.717, 1.165) is 17.8 Å². The smallest absolute Gasteiger partial charge is 0.339 e. The van der Waals surface area contributed by atoms with Crippen LogP contribution in [-0.2, 0) is 26.1 Å². The molecule has 0 atom stereocenters. The molecule has 3 aliphatic rings. The number of ketones is 2. The molecule has 0 amide bonds. The van der Waals surface area contributed by atoms with Crippen LogP contribution in [0.25, 0.3) is 0 Å². The summed E-state index contributed by atoms with van der Waals surface area (Å²) in [7, 11) is -4.19. The third-order valence-corrected chi connectivity index (χ3v) is 10.9. The summed E-state index contributed by atoms with van der Waals surface area (Å²) in [5.41, 5.74) is 4.56. The number of hydrogen-bond donors (Lipinski definition) is 0. The van der Waals surface area contributed by atoms with Crippen LogP contribution in [0.3, 0.4) is 0 Å². The summed E-state index contributed by atoms with van der Waals surface area (Å²) in [6, 6.07) is 20.8. The van der Waals surface area contributed by atoms with E-state index in [0.29, 0.717) is 54.0 Å². The molecule has 1 heterocycles. The minimum Gasteiger partial charge on any atom is -0.377 e. The van der Waals surface area contributed by atoms with Crippen LogP contribution >= 0.6 is 23.2 Å². The Kier molecular flexibility index (Phi) is 8.49. The van der Waals surface area contributed by atoms with Gasteiger partial charge >= 0.3 is 10.1 Å². The molecule has 3 aromatic carbocycles. The maximum absolute atomic E-state index is 14.1. The molecule has 1 aliphatic heterocycles. The Hall–Kier alpha value is -3.39. The second-order valence-corrected chi connectivity index (χ2v) is 16.5. The summed E-state index contributed by atoms with van der Waals surface area (Å²) >= 11 is 12.6. The summed E-state index contributed by atoms with van der Waals surface area (Å²) < 4.78 is 31.4. The van der Waals surface area contributed by atoms with Gasteiger partial charge in [-0.05, 0) is 77.6 Å². The van der Waals surface area contributed by atoms with E-state index >= 15 is 0 Å². The first-order valence-electron chi connectivity index (χ1n) is 15.5. The number of allylic oxidation sites excluding steroid dienone is 4. The molecule has 0 saturated heterocycles. The predicted octanol–water partition coefficient (Wildman–Crippen LogP) is 8.69. The van der Waals surface area contributed by atoms with Crippen LogP contribution in [0.2, 0.25) is 10.0 Å². The maximum atomic E-state index is 14.1. The largest absolute Gasteiger partial charge is 0.377 e. The number of carbonyl (C=O) groups excluding carboxylic acids is 2. The van der Waals surface area contributed by atoms with Crippen LogP contribution < -0.4 is 4.18 Å². The molecule has 0 bridgehead atoms. The fraction of sp³-hybridized carbons (Fsp3) is 0.351. The average Bonchev–Trinajstić information content (AvgIpc) is 2.96. The Bertz CT molecular complexity index is 1840. The number of carbonyl (C=O) groups is 2. The molecule has 0 spiro atoms. The van der Waals surface area contributed by atoms with E-state index in [1.807, 2.05) is 18.2 Å². The summed E-state index contributed by atoms with van der Waals surface area (Å²) in [5.74, 6) is -0.611. The van der Waals surface area contributed by atoms with Crippen molar-refractivity contribution in [1.29, 1.82) is 0 Å². The van der Waals surface area contributed by atoms with Gasteiger partial charge in [0.05, 0.1) is 5.02 Å². The molecular formula is C37H37Cl2NO5S. The molecule has 0 N–H and O–H groups in total. The average molecular weight is 679 g/mol. The molecule has 2 aliphatic carbocycles. The molecule has 46 heavy (non-hydrogen) atoms. The molecule has 9 heteroatoms. The highest BCUT2D eigenvalue weighted by atomic mass is 35.5. The lowest BCUT2D eigenvalue weighted by Gasteiger charge is -2.49. The number of benzene rings is 3. The van der Waals surface area contributed by atoms with Crippen LogP contribution in [0.15, 0.2) is 100 Å². The van der Waals surface area contributed by atoms with Crippen molar-refractivity contribution in [2.75, 3.05) is 6.54 Å². The summed E-state index contributed by atoms with van der Waals surface area (Å²) in [4.78, 5) is 30.4. The van der Waals surface area contributed by atoms with Crippen molar-refractivity contribution in [2.45, 2.75) is 70.6 Å². The first kappa shape index (κ1) is 32.5. The Morgan fingerprint density at radius 1 is 0.783 bits per heavy atom. The van der Waals surface area contributed by atoms with Crippen molar-refractivity contribution in [3.63, 3.8) is 0 Å². The Balaban J connectivity index is 1.45. The molecule has 0 fully saturated rings. The number of nitrogens with zero attached hydrogens (tertiary/aromatic N) is 1. The minimum absolute atomic E-state index is 0.0203. The van der Waals surface area contributed by atoms with Gasteiger partial charge in [0.15, 0.2) is 17.3 Å². The Labute approximate surface area is 281 Å². The molecule has 0 radical (unpaired) electrons. The van der Waals surface area contributed by atoms with Gasteiger partial charge in [0.2, 0.25) is 0 Å². The van der Waals surface area contributed by atoms with Crippen molar-refractivity contribution in [3.05, 3.63) is 117 Å². The third kappa shape index (κ3) is 6.42. The minimum atomic E-state index is -4.19. The second-order valence-electron chi connectivity index (χ2n) is 14.1. The van der Waals surface area contributed by atoms with E-state index in [-0.39, 0.29) is 38.1 Å². The normalized spacial score (nSPS) is 19.7. The van der Waals surface area contributed by atoms with E-state index in [1.165, 1.54) is 35.9 Å². The third-order valence-electron chi connectivity index (χ3n) is 9.08. The van der Waals surface area contributed by atoms with Gasteiger partial charge in [0.1, 0.15) is 4.90 Å². The molecule has 3 aromatic rings. The standard InChI is InChI=1S/C37H37Cl2NO5S/c1-36(2)19-28-34(30(41)21-36)33(24-10-15-32(27(39)18-24)45-46(43,44)26-13-11-25(38)12-14-26)35-29(20-37(3,4)22-31(35)42)40(28)17-16-23-8-6-5-7-9-23/h5-15,18,33H,16-17,19-22H2,1-4H3. The van der Waals surface area contributed by atoms with Gasteiger partial charge in [0.25, 0.3) is 0 Å². The van der Waals surface area contributed by atoms with Crippen LogP contribution in [0.5, 0.6) is 5.75 Å². The molecule has 6 nitrogen and oxygen atoms in total. The van der Waals surface area contributed by atoms with E-state index in [1.54, 1.807) is 12.1 Å². The van der Waals surface area contributed by atoms with Gasteiger partial charge < -0.3 is 9.08 Å². The van der Waals surface area contributed by atoms with E-state index in [4.69, 9.17) is 27.4 Å². The van der Waals surface area contributed by atoms with Gasteiger partial charge in [-0.3, -0.25) is 9.59 Å². The quantitative estimate of drug-likeness (QED) is 0.233. The number of hydrogen-bond acceptors (Lipinski definition) is 6. The van der Waals surface area contributed by atoms with Crippen LogP contribution in [0.1, 0.15) is 70.4 Å². The highest BCUT2D eigenvalue weighted by Crippen LogP contribution is 2.54. The van der Waals surface area contributed by atoms with Crippen LogP contribution in [0.4, 0.5) is 0 Å². The van der Waals surface area contributed by atoms with Crippen LogP contribution in [-0.4, -0.2) is 31.4 Å². The summed E-state index contributed by atoms with van der Waals surface area (Å²) in [6.07, 6.45) is 2.89. The highest BCUT2D eigenvalue weighted by Gasteiger charge is 2.49. The Morgan fingerprint density at radius 3 is 1.89 bits per heavy atom. The second kappa shape index (κ2) is 12.0. The van der Waals surface area contributed by atoms with Crippen molar-refractivity contribution >= 4 is 44.9 Å². The van der Waals surface area contributed by atoms with E-state index in [2.05, 4.69) is 44.7 Å². The zero-order chi connectivity index (χ0) is 33.0. The first-order chi connectivity index (χ1) is 21.6. The monoisotopic (exact) mass is 677 g/mol. The molecular weight excluding hydrogens is 641 g/mol. The molecule has 0 aromatic heterocycles. The predicted molar refractivity (Wildman–Crippen MR) is 180 cm³/mol. The summed E-state index contributed by atoms with van der Waals surface area (Å²) in [5, 5.41) is 0.467. The van der Waals surface area contributed by atoms with Crippen molar-refractivity contribution in [1.82, 2.24) is 4.90 Å². The Morgan fingerprint density at radius 2 is 1.35 bits per heavy atom. The van der Waals surface area contributed by atoms with Crippen molar-refractivity contribution < 1.29 is 22.2 Å². The van der Waals surface area contributed by atoms with E-state index in [9.17, 15) is 18.0 Å². The molecule has 240 valence electrons. The SMILES string of the molecule is CC1(C)CC(=O)C2=C(C1)N(CCc1ccccc1)C1=C(C(=O)CC(C)(C)C1)C2c1ccc(OS(=O)(=O)c2ccc(Cl)cc2)c(Cl)c1. The van der Waals surface area contributed by atoms with Crippen LogP contribution in [0, 0.1) is 10.8 Å². The van der Waals surface area contributed by atoms with Crippen molar-refractivity contribution in [2.24, 2.45) is 10.8 Å². The molecule has 0 unspecified atom stereocenters. The zero-order valence-corrected chi connectivity index (χ0v) is 28.7. The lowest BCUT2D eigenvalue weighted by Crippen LogP contribution is -2.45. The van der Waals surface area contributed by atoms with Gasteiger partial charge in [-0.25, -0.2) is 0 Å². The number of Topliss-reactive ketones (excluding diaryl/α,β-unsaturated/α-hetero) is 2. The van der Waals surface area contributed by atoms with Gasteiger partial charge in [-0.1, -0.05) is 87.3 Å². The van der Waals surface area contributed by atoms with Gasteiger partial charge in [-0.15, -0.1) is 0 Å². The maximum Gasteiger partial charge on any atom is 0.339 e. The lowest BCUT2D eigenvalue weighted by molar-refractivity contribution is -0.119. The first-order valence-corrected chi connectivity index (χ1v) is 17.6. The lowest BCUT2D eigenvalue weighted by atomic mass is 9.63. The van der Waals surface area contributed by atoms with E-state index < -0.39 is 16.0 Å². The van der Waals surface area contributed by atoms with Gasteiger partial charge in [-0.2, -0.15) is 8.42 Å². The highest BCUT2D eigenvalue weighted by molar-refractivity contribution is 7.87. The van der Waals surface area contributed by atoms with Crippen molar-refractivity contribution in [3.8, 4) is 5.75 Å². The number of halogens is 2. The zero-order valence-electron chi connectivity index (χ0n) is 26.4. The topological polar surface area (TPSA) is 80.8 Å².